The van der Waals surface area contributed by atoms with Gasteiger partial charge in [0, 0.05) is 11.5 Å². The molecular formula is C11H13ClO2S. The Morgan fingerprint density at radius 1 is 1.47 bits per heavy atom. The van der Waals surface area contributed by atoms with Gasteiger partial charge in [-0.25, -0.2) is 0 Å². The van der Waals surface area contributed by atoms with Crippen molar-refractivity contribution in [3.05, 3.63) is 29.3 Å². The molecule has 0 aliphatic heterocycles. The van der Waals surface area contributed by atoms with E-state index in [0.717, 1.165) is 4.90 Å². The quantitative estimate of drug-likeness (QED) is 0.720. The van der Waals surface area contributed by atoms with Crippen LogP contribution < -0.4 is 0 Å². The lowest BCUT2D eigenvalue weighted by molar-refractivity contribution is -0.120. The van der Waals surface area contributed by atoms with Crippen LogP contribution in [-0.4, -0.2) is 24.7 Å². The molecule has 2 nitrogen and oxygen atoms in total. The number of thioether (sulfide) groups is 1. The van der Waals surface area contributed by atoms with Crippen LogP contribution in [0.3, 0.4) is 0 Å². The lowest BCUT2D eigenvalue weighted by Crippen LogP contribution is -2.10. The number of carbonyl (C=O) groups is 1. The maximum absolute atomic E-state index is 11.3. The molecule has 0 atom stereocenters. The summed E-state index contributed by atoms with van der Waals surface area (Å²) in [5.41, 5.74) is 0. The van der Waals surface area contributed by atoms with Crippen molar-refractivity contribution in [3.8, 4) is 0 Å². The Morgan fingerprint density at radius 2 is 2.20 bits per heavy atom. The van der Waals surface area contributed by atoms with Gasteiger partial charge in [-0.15, -0.1) is 11.8 Å². The van der Waals surface area contributed by atoms with Crippen LogP contribution in [0.5, 0.6) is 0 Å². The summed E-state index contributed by atoms with van der Waals surface area (Å²) < 4.78 is 5.02. The van der Waals surface area contributed by atoms with Crippen LogP contribution in [-0.2, 0) is 9.53 Å². The van der Waals surface area contributed by atoms with Gasteiger partial charge >= 0.3 is 0 Å². The molecule has 1 rings (SSSR count). The number of carbonyl (C=O) groups excluding carboxylic acids is 1. The standard InChI is InChI=1S/C11H13ClO2S/c1-2-14-7-9(13)8-15-11-6-4-3-5-10(11)12/h3-6H,2,7-8H2,1H3. The Hall–Kier alpha value is -0.510. The minimum absolute atomic E-state index is 0.0850. The Morgan fingerprint density at radius 3 is 2.87 bits per heavy atom. The first kappa shape index (κ1) is 12.6. The Labute approximate surface area is 99.0 Å². The molecule has 0 heterocycles. The number of Topliss-reactive ketones (excluding diaryl/α,β-unsaturated/α-hetero) is 1. The van der Waals surface area contributed by atoms with Gasteiger partial charge in [-0.05, 0) is 19.1 Å². The van der Waals surface area contributed by atoms with Crippen molar-refractivity contribution in [1.82, 2.24) is 0 Å². The van der Waals surface area contributed by atoms with Gasteiger partial charge in [-0.2, -0.15) is 0 Å². The summed E-state index contributed by atoms with van der Waals surface area (Å²) in [6.45, 7) is 2.63. The highest BCUT2D eigenvalue weighted by Crippen LogP contribution is 2.26. The summed E-state index contributed by atoms with van der Waals surface area (Å²) in [4.78, 5) is 12.2. The normalized spacial score (nSPS) is 10.3. The van der Waals surface area contributed by atoms with Crippen LogP contribution in [0.1, 0.15) is 6.92 Å². The van der Waals surface area contributed by atoms with Gasteiger partial charge in [0.25, 0.3) is 0 Å². The lowest BCUT2D eigenvalue weighted by Gasteiger charge is -2.03. The van der Waals surface area contributed by atoms with Crippen LogP contribution in [0, 0.1) is 0 Å². The Kier molecular flexibility index (Phi) is 5.76. The van der Waals surface area contributed by atoms with E-state index in [2.05, 4.69) is 0 Å². The zero-order valence-corrected chi connectivity index (χ0v) is 10.1. The fraction of sp³-hybridized carbons (Fsp3) is 0.364. The highest BCUT2D eigenvalue weighted by atomic mass is 35.5. The molecule has 0 aliphatic rings. The molecule has 15 heavy (non-hydrogen) atoms. The molecule has 0 radical (unpaired) electrons. The average molecular weight is 245 g/mol. The van der Waals surface area contributed by atoms with E-state index in [-0.39, 0.29) is 12.4 Å². The highest BCUT2D eigenvalue weighted by molar-refractivity contribution is 8.00. The van der Waals surface area contributed by atoms with Gasteiger partial charge in [-0.3, -0.25) is 4.79 Å². The number of rotatable bonds is 6. The van der Waals surface area contributed by atoms with Crippen LogP contribution in [0.2, 0.25) is 5.02 Å². The minimum Gasteiger partial charge on any atom is -0.374 e. The van der Waals surface area contributed by atoms with E-state index in [0.29, 0.717) is 17.4 Å². The molecule has 4 heteroatoms. The van der Waals surface area contributed by atoms with Crippen LogP contribution >= 0.6 is 23.4 Å². The summed E-state index contributed by atoms with van der Waals surface area (Å²) in [6, 6.07) is 7.49. The van der Waals surface area contributed by atoms with Gasteiger partial charge in [-0.1, -0.05) is 23.7 Å². The van der Waals surface area contributed by atoms with Crippen molar-refractivity contribution in [3.63, 3.8) is 0 Å². The van der Waals surface area contributed by atoms with Crippen LogP contribution in [0.25, 0.3) is 0 Å². The molecule has 0 aliphatic carbocycles. The SMILES string of the molecule is CCOCC(=O)CSc1ccccc1Cl. The second kappa shape index (κ2) is 6.88. The zero-order chi connectivity index (χ0) is 11.1. The second-order valence-corrected chi connectivity index (χ2v) is 4.32. The predicted molar refractivity (Wildman–Crippen MR) is 63.7 cm³/mol. The van der Waals surface area contributed by atoms with E-state index >= 15 is 0 Å². The van der Waals surface area contributed by atoms with E-state index in [4.69, 9.17) is 16.3 Å². The number of halogens is 1. The second-order valence-electron chi connectivity index (χ2n) is 2.89. The van der Waals surface area contributed by atoms with E-state index in [1.807, 2.05) is 31.2 Å². The molecule has 0 saturated heterocycles. The Bertz CT molecular complexity index is 328. The molecule has 0 saturated carbocycles. The molecule has 0 bridgehead atoms. The van der Waals surface area contributed by atoms with E-state index in [1.165, 1.54) is 11.8 Å². The van der Waals surface area contributed by atoms with Crippen molar-refractivity contribution in [2.75, 3.05) is 19.0 Å². The lowest BCUT2D eigenvalue weighted by atomic mass is 10.4. The van der Waals surface area contributed by atoms with Gasteiger partial charge in [0.2, 0.25) is 0 Å². The Balaban J connectivity index is 2.37. The maximum atomic E-state index is 11.3. The number of hydrogen-bond donors (Lipinski definition) is 0. The van der Waals surface area contributed by atoms with Crippen molar-refractivity contribution in [1.29, 1.82) is 0 Å². The number of ketones is 1. The van der Waals surface area contributed by atoms with E-state index < -0.39 is 0 Å². The van der Waals surface area contributed by atoms with E-state index in [1.54, 1.807) is 0 Å². The molecule has 82 valence electrons. The zero-order valence-electron chi connectivity index (χ0n) is 8.53. The predicted octanol–water partition coefficient (Wildman–Crippen LogP) is 3.04. The van der Waals surface area contributed by atoms with Gasteiger partial charge in [0.1, 0.15) is 6.61 Å². The fourth-order valence-electron chi connectivity index (χ4n) is 0.978. The molecule has 1 aromatic carbocycles. The van der Waals surface area contributed by atoms with Crippen molar-refractivity contribution in [2.24, 2.45) is 0 Å². The molecule has 0 unspecified atom stereocenters. The smallest absolute Gasteiger partial charge is 0.168 e. The van der Waals surface area contributed by atoms with Crippen molar-refractivity contribution in [2.45, 2.75) is 11.8 Å². The third-order valence-corrected chi connectivity index (χ3v) is 3.27. The molecular weight excluding hydrogens is 232 g/mol. The van der Waals surface area contributed by atoms with Crippen molar-refractivity contribution >= 4 is 29.1 Å². The number of hydrogen-bond acceptors (Lipinski definition) is 3. The average Bonchev–Trinajstić information content (AvgIpc) is 2.25. The number of benzene rings is 1. The summed E-state index contributed by atoms with van der Waals surface area (Å²) >= 11 is 7.39. The maximum Gasteiger partial charge on any atom is 0.168 e. The third kappa shape index (κ3) is 4.69. The van der Waals surface area contributed by atoms with Crippen molar-refractivity contribution < 1.29 is 9.53 Å². The van der Waals surface area contributed by atoms with Gasteiger partial charge in [0.15, 0.2) is 5.78 Å². The summed E-state index contributed by atoms with van der Waals surface area (Å²) in [5, 5.41) is 0.687. The van der Waals surface area contributed by atoms with E-state index in [9.17, 15) is 4.79 Å². The van der Waals surface area contributed by atoms with Crippen LogP contribution in [0.15, 0.2) is 29.2 Å². The molecule has 1 aromatic rings. The van der Waals surface area contributed by atoms with Crippen LogP contribution in [0.4, 0.5) is 0 Å². The first-order valence-electron chi connectivity index (χ1n) is 4.70. The minimum atomic E-state index is 0.0850. The topological polar surface area (TPSA) is 26.3 Å². The molecule has 0 amide bonds. The molecule has 0 fully saturated rings. The fourth-order valence-corrected chi connectivity index (χ4v) is 2.06. The van der Waals surface area contributed by atoms with Gasteiger partial charge < -0.3 is 4.74 Å². The van der Waals surface area contributed by atoms with Gasteiger partial charge in [0.05, 0.1) is 10.8 Å². The summed E-state index contributed by atoms with van der Waals surface area (Å²) in [6.07, 6.45) is 0. The number of ether oxygens (including phenoxy) is 1. The first-order valence-corrected chi connectivity index (χ1v) is 6.07. The highest BCUT2D eigenvalue weighted by Gasteiger charge is 2.05. The molecule has 0 aromatic heterocycles. The largest absolute Gasteiger partial charge is 0.374 e. The third-order valence-electron chi connectivity index (χ3n) is 1.69. The monoisotopic (exact) mass is 244 g/mol. The summed E-state index contributed by atoms with van der Waals surface area (Å²) in [5.74, 6) is 0.491. The molecule has 0 N–H and O–H groups in total. The summed E-state index contributed by atoms with van der Waals surface area (Å²) in [7, 11) is 0. The molecule has 0 spiro atoms. The first-order chi connectivity index (χ1) is 7.24.